The zero-order valence-electron chi connectivity index (χ0n) is 13.4. The molecular weight excluding hydrogens is 263 g/mol. The van der Waals surface area contributed by atoms with Crippen LogP contribution >= 0.6 is 0 Å². The van der Waals surface area contributed by atoms with Gasteiger partial charge in [-0.1, -0.05) is 57.2 Å². The lowest BCUT2D eigenvalue weighted by Gasteiger charge is -2.25. The fourth-order valence-corrected chi connectivity index (χ4v) is 2.74. The van der Waals surface area contributed by atoms with Crippen LogP contribution in [0.4, 0.5) is 4.39 Å². The lowest BCUT2D eigenvalue weighted by atomic mass is 9.81. The number of halogens is 1. The second kappa shape index (κ2) is 5.61. The molecule has 0 aromatic heterocycles. The Morgan fingerprint density at radius 2 is 1.52 bits per heavy atom. The van der Waals surface area contributed by atoms with Crippen molar-refractivity contribution in [1.82, 2.24) is 0 Å². The Kier molecular flexibility index (Phi) is 4.20. The van der Waals surface area contributed by atoms with Crippen LogP contribution in [0.5, 0.6) is 0 Å². The van der Waals surface area contributed by atoms with Crippen molar-refractivity contribution in [3.05, 3.63) is 70.0 Å². The second-order valence-corrected chi connectivity index (χ2v) is 6.71. The molecule has 0 radical (unpaired) electrons. The lowest BCUT2D eigenvalue weighted by Crippen LogP contribution is -2.16. The van der Waals surface area contributed by atoms with Crippen LogP contribution in [-0.4, -0.2) is 5.11 Å². The van der Waals surface area contributed by atoms with Gasteiger partial charge in [-0.25, -0.2) is 4.39 Å². The minimum Gasteiger partial charge on any atom is -0.384 e. The Morgan fingerprint density at radius 3 is 2.05 bits per heavy atom. The van der Waals surface area contributed by atoms with E-state index in [2.05, 4.69) is 20.8 Å². The first kappa shape index (κ1) is 15.7. The van der Waals surface area contributed by atoms with Crippen LogP contribution in [0.3, 0.4) is 0 Å². The second-order valence-electron chi connectivity index (χ2n) is 6.71. The SMILES string of the molecule is Cc1cc(C(O)c2ccccc2C(C)(C)C)cc(C)c1F. The first-order chi connectivity index (χ1) is 9.71. The molecule has 0 aliphatic heterocycles. The van der Waals surface area contributed by atoms with E-state index in [1.807, 2.05) is 24.3 Å². The molecule has 0 aliphatic carbocycles. The number of hydrogen-bond donors (Lipinski definition) is 1. The van der Waals surface area contributed by atoms with E-state index < -0.39 is 6.10 Å². The summed E-state index contributed by atoms with van der Waals surface area (Å²) in [7, 11) is 0. The fourth-order valence-electron chi connectivity index (χ4n) is 2.74. The molecule has 0 spiro atoms. The van der Waals surface area contributed by atoms with Crippen LogP contribution in [0.25, 0.3) is 0 Å². The van der Waals surface area contributed by atoms with Gasteiger partial charge in [-0.05, 0) is 47.1 Å². The van der Waals surface area contributed by atoms with Crippen molar-refractivity contribution in [1.29, 1.82) is 0 Å². The van der Waals surface area contributed by atoms with E-state index in [9.17, 15) is 9.50 Å². The number of rotatable bonds is 2. The van der Waals surface area contributed by atoms with E-state index in [1.54, 1.807) is 26.0 Å². The van der Waals surface area contributed by atoms with Crippen molar-refractivity contribution in [3.8, 4) is 0 Å². The van der Waals surface area contributed by atoms with Gasteiger partial charge in [0.15, 0.2) is 0 Å². The molecule has 0 aliphatic rings. The quantitative estimate of drug-likeness (QED) is 0.839. The van der Waals surface area contributed by atoms with Gasteiger partial charge in [-0.2, -0.15) is 0 Å². The molecule has 2 rings (SSSR count). The molecule has 2 aromatic carbocycles. The molecule has 2 heteroatoms. The van der Waals surface area contributed by atoms with Crippen molar-refractivity contribution >= 4 is 0 Å². The molecule has 1 N–H and O–H groups in total. The van der Waals surface area contributed by atoms with E-state index >= 15 is 0 Å². The van der Waals surface area contributed by atoms with Crippen LogP contribution in [-0.2, 0) is 5.41 Å². The van der Waals surface area contributed by atoms with Gasteiger partial charge < -0.3 is 5.11 Å². The summed E-state index contributed by atoms with van der Waals surface area (Å²) in [4.78, 5) is 0. The van der Waals surface area contributed by atoms with Gasteiger partial charge >= 0.3 is 0 Å². The van der Waals surface area contributed by atoms with Gasteiger partial charge in [0.1, 0.15) is 11.9 Å². The highest BCUT2D eigenvalue weighted by atomic mass is 19.1. The van der Waals surface area contributed by atoms with E-state index in [4.69, 9.17) is 0 Å². The smallest absolute Gasteiger partial charge is 0.129 e. The normalized spacial score (nSPS) is 13.3. The molecule has 0 heterocycles. The summed E-state index contributed by atoms with van der Waals surface area (Å²) in [5.74, 6) is -0.199. The van der Waals surface area contributed by atoms with Crippen LogP contribution < -0.4 is 0 Å². The Hall–Kier alpha value is -1.67. The molecule has 0 saturated heterocycles. The summed E-state index contributed by atoms with van der Waals surface area (Å²) in [5.41, 5.74) is 3.81. The maximum atomic E-state index is 13.8. The van der Waals surface area contributed by atoms with Gasteiger partial charge in [-0.15, -0.1) is 0 Å². The van der Waals surface area contributed by atoms with Crippen molar-refractivity contribution in [3.63, 3.8) is 0 Å². The molecule has 1 nitrogen and oxygen atoms in total. The predicted octanol–water partition coefficient (Wildman–Crippen LogP) is 4.82. The lowest BCUT2D eigenvalue weighted by molar-refractivity contribution is 0.217. The van der Waals surface area contributed by atoms with Crippen molar-refractivity contribution in [2.45, 2.75) is 46.1 Å². The number of hydrogen-bond acceptors (Lipinski definition) is 1. The standard InChI is InChI=1S/C19H23FO/c1-12-10-14(11-13(2)17(12)20)18(21)15-8-6-7-9-16(15)19(3,4)5/h6-11,18,21H,1-5H3. The molecule has 1 unspecified atom stereocenters. The molecule has 0 saturated carbocycles. The summed E-state index contributed by atoms with van der Waals surface area (Å²) < 4.78 is 13.8. The van der Waals surface area contributed by atoms with Crippen LogP contribution in [0.2, 0.25) is 0 Å². The summed E-state index contributed by atoms with van der Waals surface area (Å²) in [6.07, 6.45) is -0.738. The highest BCUT2D eigenvalue weighted by Crippen LogP contribution is 2.33. The monoisotopic (exact) mass is 286 g/mol. The first-order valence-corrected chi connectivity index (χ1v) is 7.26. The molecule has 1 atom stereocenters. The van der Waals surface area contributed by atoms with Crippen molar-refractivity contribution in [2.24, 2.45) is 0 Å². The molecule has 112 valence electrons. The average Bonchev–Trinajstić information content (AvgIpc) is 2.42. The van der Waals surface area contributed by atoms with Crippen molar-refractivity contribution < 1.29 is 9.50 Å². The largest absolute Gasteiger partial charge is 0.384 e. The van der Waals surface area contributed by atoms with Crippen LogP contribution in [0.15, 0.2) is 36.4 Å². The minimum absolute atomic E-state index is 0.0539. The fraction of sp³-hybridized carbons (Fsp3) is 0.368. The third kappa shape index (κ3) is 3.16. The zero-order valence-corrected chi connectivity index (χ0v) is 13.4. The van der Waals surface area contributed by atoms with Gasteiger partial charge in [0.2, 0.25) is 0 Å². The zero-order chi connectivity index (χ0) is 15.8. The molecular formula is C19H23FO. The summed E-state index contributed by atoms with van der Waals surface area (Å²) >= 11 is 0. The Bertz CT molecular complexity index is 630. The van der Waals surface area contributed by atoms with E-state index in [0.717, 1.165) is 16.7 Å². The third-order valence-corrected chi connectivity index (χ3v) is 3.84. The molecule has 0 bridgehead atoms. The van der Waals surface area contributed by atoms with Gasteiger partial charge in [0, 0.05) is 0 Å². The van der Waals surface area contributed by atoms with E-state index in [-0.39, 0.29) is 11.2 Å². The Morgan fingerprint density at radius 1 is 1.00 bits per heavy atom. The molecule has 21 heavy (non-hydrogen) atoms. The van der Waals surface area contributed by atoms with Crippen molar-refractivity contribution in [2.75, 3.05) is 0 Å². The topological polar surface area (TPSA) is 20.2 Å². The van der Waals surface area contributed by atoms with E-state index in [1.165, 1.54) is 0 Å². The van der Waals surface area contributed by atoms with Crippen LogP contribution in [0.1, 0.15) is 54.7 Å². The summed E-state index contributed by atoms with van der Waals surface area (Å²) in [6, 6.07) is 11.4. The summed E-state index contributed by atoms with van der Waals surface area (Å²) in [5, 5.41) is 10.8. The first-order valence-electron chi connectivity index (χ1n) is 7.26. The van der Waals surface area contributed by atoms with Gasteiger partial charge in [0.25, 0.3) is 0 Å². The van der Waals surface area contributed by atoms with Crippen LogP contribution in [0, 0.1) is 19.7 Å². The number of benzene rings is 2. The Labute approximate surface area is 126 Å². The van der Waals surface area contributed by atoms with Gasteiger partial charge in [0.05, 0.1) is 0 Å². The van der Waals surface area contributed by atoms with Gasteiger partial charge in [-0.3, -0.25) is 0 Å². The van der Waals surface area contributed by atoms with E-state index in [0.29, 0.717) is 11.1 Å². The molecule has 0 amide bonds. The minimum atomic E-state index is -0.738. The predicted molar refractivity (Wildman–Crippen MR) is 85.1 cm³/mol. The third-order valence-electron chi connectivity index (χ3n) is 3.84. The highest BCUT2D eigenvalue weighted by Gasteiger charge is 2.23. The number of aryl methyl sites for hydroxylation is 2. The maximum Gasteiger partial charge on any atom is 0.129 e. The Balaban J connectivity index is 2.53. The summed E-state index contributed by atoms with van der Waals surface area (Å²) in [6.45, 7) is 9.83. The highest BCUT2D eigenvalue weighted by molar-refractivity contribution is 5.41. The number of aliphatic hydroxyl groups excluding tert-OH is 1. The number of aliphatic hydroxyl groups is 1. The molecule has 2 aromatic rings. The molecule has 0 fully saturated rings. The maximum absolute atomic E-state index is 13.8. The average molecular weight is 286 g/mol.